The van der Waals surface area contributed by atoms with Crippen LogP contribution in [0.3, 0.4) is 0 Å². The normalized spacial score (nSPS) is 15.9. The molecule has 27 heavy (non-hydrogen) atoms. The van der Waals surface area contributed by atoms with Crippen LogP contribution < -0.4 is 10.6 Å². The third-order valence-electron chi connectivity index (χ3n) is 4.37. The molecule has 1 aliphatic carbocycles. The average molecular weight is 417 g/mol. The molecular formula is C19H30Cl2N4O2. The SMILES string of the molecule is CCNC(=NCC(O)c1cc(Cl)cc(Cl)c1)NCCN(CCOC)C1CC1. The summed E-state index contributed by atoms with van der Waals surface area (Å²) < 4.78 is 5.20. The van der Waals surface area contributed by atoms with Crippen molar-refractivity contribution in [3.05, 3.63) is 33.8 Å². The molecule has 0 aromatic heterocycles. The number of hydrogen-bond donors (Lipinski definition) is 3. The lowest BCUT2D eigenvalue weighted by molar-refractivity contribution is 0.144. The Morgan fingerprint density at radius 1 is 1.26 bits per heavy atom. The van der Waals surface area contributed by atoms with Crippen LogP contribution in [0.2, 0.25) is 10.0 Å². The molecule has 1 aromatic rings. The zero-order valence-electron chi connectivity index (χ0n) is 16.0. The van der Waals surface area contributed by atoms with Gasteiger partial charge < -0.3 is 20.5 Å². The van der Waals surface area contributed by atoms with E-state index in [9.17, 15) is 5.11 Å². The largest absolute Gasteiger partial charge is 0.386 e. The third-order valence-corrected chi connectivity index (χ3v) is 4.81. The van der Waals surface area contributed by atoms with Gasteiger partial charge in [0.1, 0.15) is 0 Å². The minimum Gasteiger partial charge on any atom is -0.386 e. The van der Waals surface area contributed by atoms with Gasteiger partial charge in [0.15, 0.2) is 5.96 Å². The van der Waals surface area contributed by atoms with Crippen LogP contribution >= 0.6 is 23.2 Å². The summed E-state index contributed by atoms with van der Waals surface area (Å²) in [6.07, 6.45) is 1.78. The summed E-state index contributed by atoms with van der Waals surface area (Å²) in [5.41, 5.74) is 0.659. The molecule has 8 heteroatoms. The van der Waals surface area contributed by atoms with Crippen LogP contribution in [0.15, 0.2) is 23.2 Å². The Balaban J connectivity index is 1.85. The number of ether oxygens (including phenoxy) is 1. The fourth-order valence-electron chi connectivity index (χ4n) is 2.84. The van der Waals surface area contributed by atoms with Crippen molar-refractivity contribution in [2.45, 2.75) is 31.9 Å². The van der Waals surface area contributed by atoms with Crippen LogP contribution in [0.1, 0.15) is 31.4 Å². The zero-order chi connectivity index (χ0) is 19.6. The Morgan fingerprint density at radius 2 is 1.96 bits per heavy atom. The van der Waals surface area contributed by atoms with Crippen molar-refractivity contribution in [2.75, 3.05) is 46.4 Å². The lowest BCUT2D eigenvalue weighted by atomic mass is 10.1. The molecule has 1 atom stereocenters. The number of guanidine groups is 1. The maximum atomic E-state index is 10.4. The van der Waals surface area contributed by atoms with E-state index in [1.54, 1.807) is 25.3 Å². The van der Waals surface area contributed by atoms with Crippen LogP contribution in [0.4, 0.5) is 0 Å². The zero-order valence-corrected chi connectivity index (χ0v) is 17.6. The quantitative estimate of drug-likeness (QED) is 0.382. The average Bonchev–Trinajstić information content (AvgIpc) is 3.46. The molecule has 1 aromatic carbocycles. The van der Waals surface area contributed by atoms with E-state index >= 15 is 0 Å². The second kappa shape index (κ2) is 11.7. The lowest BCUT2D eigenvalue weighted by Gasteiger charge is -2.22. The van der Waals surface area contributed by atoms with Crippen LogP contribution in [-0.4, -0.2) is 68.4 Å². The summed E-state index contributed by atoms with van der Waals surface area (Å²) in [6, 6.07) is 5.74. The molecule has 152 valence electrons. The molecule has 0 aliphatic heterocycles. The van der Waals surface area contributed by atoms with E-state index in [4.69, 9.17) is 27.9 Å². The van der Waals surface area contributed by atoms with Gasteiger partial charge in [0.2, 0.25) is 0 Å². The molecule has 0 saturated heterocycles. The molecule has 0 heterocycles. The van der Waals surface area contributed by atoms with Gasteiger partial charge in [0, 0.05) is 49.4 Å². The maximum Gasteiger partial charge on any atom is 0.191 e. The Morgan fingerprint density at radius 3 is 2.56 bits per heavy atom. The number of halogens is 2. The fourth-order valence-corrected chi connectivity index (χ4v) is 3.38. The van der Waals surface area contributed by atoms with Gasteiger partial charge in [-0.2, -0.15) is 0 Å². The van der Waals surface area contributed by atoms with Gasteiger partial charge in [-0.15, -0.1) is 0 Å². The summed E-state index contributed by atoms with van der Waals surface area (Å²) in [7, 11) is 1.73. The molecule has 3 N–H and O–H groups in total. The van der Waals surface area contributed by atoms with E-state index in [1.807, 2.05) is 6.92 Å². The van der Waals surface area contributed by atoms with Gasteiger partial charge in [-0.25, -0.2) is 0 Å². The number of methoxy groups -OCH3 is 1. The molecular weight excluding hydrogens is 387 g/mol. The predicted octanol–water partition coefficient (Wildman–Crippen LogP) is 2.69. The Kier molecular flexibility index (Phi) is 9.65. The molecule has 0 bridgehead atoms. The number of nitrogens with zero attached hydrogens (tertiary/aromatic N) is 2. The first-order valence-electron chi connectivity index (χ1n) is 9.42. The molecule has 6 nitrogen and oxygen atoms in total. The highest BCUT2D eigenvalue weighted by Crippen LogP contribution is 2.26. The number of hydrogen-bond acceptors (Lipinski definition) is 4. The van der Waals surface area contributed by atoms with Crippen molar-refractivity contribution in [1.82, 2.24) is 15.5 Å². The monoisotopic (exact) mass is 416 g/mol. The summed E-state index contributed by atoms with van der Waals surface area (Å²) in [6.45, 7) is 6.41. The van der Waals surface area contributed by atoms with Crippen LogP contribution in [0, 0.1) is 0 Å². The smallest absolute Gasteiger partial charge is 0.191 e. The van der Waals surface area contributed by atoms with Crippen LogP contribution in [0.5, 0.6) is 0 Å². The molecule has 1 saturated carbocycles. The third kappa shape index (κ3) is 8.23. The Bertz CT molecular complexity index is 591. The minimum absolute atomic E-state index is 0.224. The van der Waals surface area contributed by atoms with E-state index in [-0.39, 0.29) is 6.54 Å². The Labute approximate surface area is 171 Å². The Hall–Kier alpha value is -1.05. The number of benzene rings is 1. The molecule has 0 amide bonds. The van der Waals surface area contributed by atoms with E-state index in [1.165, 1.54) is 12.8 Å². The number of aliphatic hydroxyl groups is 1. The molecule has 0 radical (unpaired) electrons. The summed E-state index contributed by atoms with van der Waals surface area (Å²) in [5.74, 6) is 0.687. The van der Waals surface area contributed by atoms with Crippen LogP contribution in [0.25, 0.3) is 0 Å². The number of nitrogens with one attached hydrogen (secondary N) is 2. The molecule has 1 fully saturated rings. The van der Waals surface area contributed by atoms with E-state index in [0.29, 0.717) is 27.6 Å². The van der Waals surface area contributed by atoms with Crippen molar-refractivity contribution in [2.24, 2.45) is 4.99 Å². The maximum absolute atomic E-state index is 10.4. The predicted molar refractivity (Wildman–Crippen MR) is 112 cm³/mol. The van der Waals surface area contributed by atoms with Crippen molar-refractivity contribution in [1.29, 1.82) is 0 Å². The van der Waals surface area contributed by atoms with Crippen molar-refractivity contribution in [3.8, 4) is 0 Å². The highest BCUT2D eigenvalue weighted by atomic mass is 35.5. The molecule has 1 unspecified atom stereocenters. The van der Waals surface area contributed by atoms with Gasteiger partial charge in [0.25, 0.3) is 0 Å². The van der Waals surface area contributed by atoms with Crippen molar-refractivity contribution < 1.29 is 9.84 Å². The molecule has 2 rings (SSSR count). The fraction of sp³-hybridized carbons (Fsp3) is 0.632. The molecule has 0 spiro atoms. The topological polar surface area (TPSA) is 69.1 Å². The van der Waals surface area contributed by atoms with Gasteiger partial charge in [-0.1, -0.05) is 23.2 Å². The highest BCUT2D eigenvalue weighted by Gasteiger charge is 2.28. The molecule has 1 aliphatic rings. The van der Waals surface area contributed by atoms with Gasteiger partial charge >= 0.3 is 0 Å². The summed E-state index contributed by atoms with van der Waals surface area (Å²) in [5, 5.41) is 17.9. The van der Waals surface area contributed by atoms with Crippen LogP contribution in [-0.2, 0) is 4.74 Å². The highest BCUT2D eigenvalue weighted by molar-refractivity contribution is 6.34. The minimum atomic E-state index is -0.763. The summed E-state index contributed by atoms with van der Waals surface area (Å²) >= 11 is 12.0. The van der Waals surface area contributed by atoms with E-state index < -0.39 is 6.10 Å². The number of aliphatic hydroxyl groups excluding tert-OH is 1. The van der Waals surface area contributed by atoms with Gasteiger partial charge in [0.05, 0.1) is 19.3 Å². The standard InChI is InChI=1S/C19H30Cl2N4O2/c1-3-22-19(23-6-7-25(8-9-27-2)17-4-5-17)24-13-18(26)14-10-15(20)12-16(21)11-14/h10-12,17-18,26H,3-9,13H2,1-2H3,(H2,22,23,24). The lowest BCUT2D eigenvalue weighted by Crippen LogP contribution is -2.43. The summed E-state index contributed by atoms with van der Waals surface area (Å²) in [4.78, 5) is 6.93. The second-order valence-electron chi connectivity index (χ2n) is 6.62. The van der Waals surface area contributed by atoms with E-state index in [2.05, 4.69) is 20.5 Å². The van der Waals surface area contributed by atoms with Gasteiger partial charge in [-0.3, -0.25) is 9.89 Å². The van der Waals surface area contributed by atoms with Crippen molar-refractivity contribution >= 4 is 29.2 Å². The first-order chi connectivity index (χ1) is 13.0. The first-order valence-corrected chi connectivity index (χ1v) is 10.2. The number of rotatable bonds is 11. The number of aliphatic imine (C=N–C) groups is 1. The van der Waals surface area contributed by atoms with Crippen molar-refractivity contribution in [3.63, 3.8) is 0 Å². The van der Waals surface area contributed by atoms with E-state index in [0.717, 1.165) is 32.8 Å². The second-order valence-corrected chi connectivity index (χ2v) is 7.50. The first kappa shape index (κ1) is 22.2. The van der Waals surface area contributed by atoms with Gasteiger partial charge in [-0.05, 0) is 43.5 Å².